The molecule has 1 amide bonds. The van der Waals surface area contributed by atoms with Crippen LogP contribution in [-0.2, 0) is 22.4 Å². The second-order valence-electron chi connectivity index (χ2n) is 7.59. The number of ether oxygens (including phenoxy) is 1. The lowest BCUT2D eigenvalue weighted by Gasteiger charge is -2.30. The molecule has 1 atom stereocenters. The lowest BCUT2D eigenvalue weighted by atomic mass is 9.97. The van der Waals surface area contributed by atoms with Crippen molar-refractivity contribution in [3.63, 3.8) is 0 Å². The van der Waals surface area contributed by atoms with Gasteiger partial charge >= 0.3 is 0 Å². The summed E-state index contributed by atoms with van der Waals surface area (Å²) in [5, 5.41) is 3.18. The first kappa shape index (κ1) is 19.5. The van der Waals surface area contributed by atoms with Crippen LogP contribution in [0.5, 0.6) is 0 Å². The minimum absolute atomic E-state index is 0.0774. The number of nitrogens with zero attached hydrogens (tertiary/aromatic N) is 2. The molecule has 1 saturated heterocycles. The van der Waals surface area contributed by atoms with Gasteiger partial charge in [0.1, 0.15) is 0 Å². The van der Waals surface area contributed by atoms with E-state index in [1.54, 1.807) is 0 Å². The van der Waals surface area contributed by atoms with E-state index in [-0.39, 0.29) is 11.8 Å². The molecule has 0 bridgehead atoms. The Morgan fingerprint density at radius 3 is 2.66 bits per heavy atom. The zero-order chi connectivity index (χ0) is 20.1. The average Bonchev–Trinajstić information content (AvgIpc) is 3.23. The Kier molecular flexibility index (Phi) is 6.10. The van der Waals surface area contributed by atoms with Gasteiger partial charge in [0.15, 0.2) is 5.96 Å². The van der Waals surface area contributed by atoms with Crippen LogP contribution >= 0.6 is 0 Å². The molecule has 1 fully saturated rings. The van der Waals surface area contributed by atoms with Gasteiger partial charge in [-0.1, -0.05) is 36.4 Å². The monoisotopic (exact) mass is 392 g/mol. The number of aryl methyl sites for hydroxylation is 2. The molecule has 1 aliphatic heterocycles. The molecule has 0 aromatic heterocycles. The molecule has 0 spiro atoms. The van der Waals surface area contributed by atoms with Crippen LogP contribution < -0.4 is 11.1 Å². The number of fused-ring (bicyclic) bond motifs is 1. The summed E-state index contributed by atoms with van der Waals surface area (Å²) in [6.45, 7) is 2.71. The van der Waals surface area contributed by atoms with Crippen molar-refractivity contribution < 1.29 is 9.53 Å². The highest BCUT2D eigenvalue weighted by molar-refractivity contribution is 5.93. The van der Waals surface area contributed by atoms with Gasteiger partial charge in [0.2, 0.25) is 5.91 Å². The van der Waals surface area contributed by atoms with E-state index in [0.717, 1.165) is 24.1 Å². The van der Waals surface area contributed by atoms with Crippen molar-refractivity contribution >= 4 is 17.6 Å². The summed E-state index contributed by atoms with van der Waals surface area (Å²) >= 11 is 0. The Bertz CT molecular complexity index is 876. The molecule has 1 aliphatic carbocycles. The number of rotatable bonds is 5. The van der Waals surface area contributed by atoms with Crippen LogP contribution in [0.2, 0.25) is 0 Å². The fourth-order valence-electron chi connectivity index (χ4n) is 4.04. The molecule has 4 rings (SSSR count). The van der Waals surface area contributed by atoms with Gasteiger partial charge in [-0.2, -0.15) is 0 Å². The first-order valence-corrected chi connectivity index (χ1v) is 10.3. The van der Waals surface area contributed by atoms with E-state index < -0.39 is 0 Å². The largest absolute Gasteiger partial charge is 0.378 e. The van der Waals surface area contributed by atoms with Crippen LogP contribution in [0.4, 0.5) is 5.69 Å². The van der Waals surface area contributed by atoms with Gasteiger partial charge < -0.3 is 20.7 Å². The summed E-state index contributed by atoms with van der Waals surface area (Å²) in [6, 6.07) is 16.2. The molecular formula is C23H28N4O2. The predicted octanol–water partition coefficient (Wildman–Crippen LogP) is 2.54. The second-order valence-corrected chi connectivity index (χ2v) is 7.59. The van der Waals surface area contributed by atoms with Crippen LogP contribution in [-0.4, -0.2) is 49.6 Å². The summed E-state index contributed by atoms with van der Waals surface area (Å²) < 4.78 is 5.38. The van der Waals surface area contributed by atoms with Gasteiger partial charge in [-0.25, -0.2) is 0 Å². The van der Waals surface area contributed by atoms with E-state index in [1.165, 1.54) is 17.5 Å². The molecule has 6 heteroatoms. The van der Waals surface area contributed by atoms with E-state index in [9.17, 15) is 4.79 Å². The Morgan fingerprint density at radius 2 is 1.86 bits per heavy atom. The van der Waals surface area contributed by atoms with Crippen molar-refractivity contribution in [3.05, 3.63) is 65.2 Å². The standard InChI is InChI=1S/C23H28N4O2/c24-23(26-20-10-9-17-7-4-8-19(17)15-20)25-16-21(18-5-2-1-3-6-18)22(28)27-11-13-29-14-12-27/h1-3,5-6,9-10,15,21H,4,7-8,11-14,16H2,(H3,24,25,26). The molecule has 29 heavy (non-hydrogen) atoms. The first-order valence-electron chi connectivity index (χ1n) is 10.3. The van der Waals surface area contributed by atoms with E-state index in [0.29, 0.717) is 38.8 Å². The molecule has 0 saturated carbocycles. The van der Waals surface area contributed by atoms with Gasteiger partial charge in [-0.3, -0.25) is 9.79 Å². The van der Waals surface area contributed by atoms with E-state index in [1.807, 2.05) is 41.3 Å². The molecule has 2 aromatic carbocycles. The first-order chi connectivity index (χ1) is 14.2. The molecule has 3 N–H and O–H groups in total. The molecular weight excluding hydrogens is 364 g/mol. The van der Waals surface area contributed by atoms with Crippen LogP contribution in [0.15, 0.2) is 53.5 Å². The molecule has 2 aliphatic rings. The zero-order valence-electron chi connectivity index (χ0n) is 16.6. The number of carbonyl (C=O) groups excluding carboxylic acids is 1. The average molecular weight is 393 g/mol. The molecule has 1 heterocycles. The number of aliphatic imine (C=N–C) groups is 1. The van der Waals surface area contributed by atoms with Gasteiger partial charge in [-0.05, 0) is 48.1 Å². The van der Waals surface area contributed by atoms with Crippen molar-refractivity contribution in [1.82, 2.24) is 4.90 Å². The third kappa shape index (κ3) is 4.77. The maximum atomic E-state index is 13.1. The number of nitrogens with two attached hydrogens (primary N) is 1. The lowest BCUT2D eigenvalue weighted by Crippen LogP contribution is -2.43. The number of benzene rings is 2. The number of morpholine rings is 1. The Balaban J connectivity index is 1.47. The highest BCUT2D eigenvalue weighted by Crippen LogP contribution is 2.25. The van der Waals surface area contributed by atoms with Crippen LogP contribution in [0.25, 0.3) is 0 Å². The van der Waals surface area contributed by atoms with Crippen LogP contribution in [0, 0.1) is 0 Å². The number of amides is 1. The summed E-state index contributed by atoms with van der Waals surface area (Å²) in [5.41, 5.74) is 10.9. The molecule has 152 valence electrons. The molecule has 6 nitrogen and oxygen atoms in total. The van der Waals surface area contributed by atoms with E-state index in [2.05, 4.69) is 22.4 Å². The summed E-state index contributed by atoms with van der Waals surface area (Å²) in [7, 11) is 0. The third-order valence-corrected chi connectivity index (χ3v) is 5.64. The van der Waals surface area contributed by atoms with Crippen molar-refractivity contribution in [2.24, 2.45) is 10.7 Å². The minimum atomic E-state index is -0.352. The van der Waals surface area contributed by atoms with E-state index >= 15 is 0 Å². The number of nitrogens with one attached hydrogen (secondary N) is 1. The fourth-order valence-corrected chi connectivity index (χ4v) is 4.04. The van der Waals surface area contributed by atoms with Crippen molar-refractivity contribution in [2.45, 2.75) is 25.2 Å². The number of anilines is 1. The van der Waals surface area contributed by atoms with E-state index in [4.69, 9.17) is 10.5 Å². The van der Waals surface area contributed by atoms with Gasteiger partial charge in [-0.15, -0.1) is 0 Å². The zero-order valence-corrected chi connectivity index (χ0v) is 16.6. The highest BCUT2D eigenvalue weighted by Gasteiger charge is 2.27. The highest BCUT2D eigenvalue weighted by atomic mass is 16.5. The SMILES string of the molecule is NC(=NCC(C(=O)N1CCOCC1)c1ccccc1)Nc1ccc2c(c1)CCC2. The van der Waals surface area contributed by atoms with Crippen molar-refractivity contribution in [2.75, 3.05) is 38.2 Å². The smallest absolute Gasteiger partial charge is 0.232 e. The normalized spacial score (nSPS) is 17.7. The van der Waals surface area contributed by atoms with Crippen LogP contribution in [0.1, 0.15) is 29.0 Å². The number of hydrogen-bond acceptors (Lipinski definition) is 3. The molecule has 1 unspecified atom stereocenters. The lowest BCUT2D eigenvalue weighted by molar-refractivity contribution is -0.136. The molecule has 2 aromatic rings. The van der Waals surface area contributed by atoms with Crippen molar-refractivity contribution in [1.29, 1.82) is 0 Å². The molecule has 0 radical (unpaired) electrons. The number of guanidine groups is 1. The van der Waals surface area contributed by atoms with Crippen molar-refractivity contribution in [3.8, 4) is 0 Å². The second kappa shape index (κ2) is 9.09. The van der Waals surface area contributed by atoms with Gasteiger partial charge in [0.05, 0.1) is 25.7 Å². The van der Waals surface area contributed by atoms with Gasteiger partial charge in [0, 0.05) is 18.8 Å². The summed E-state index contributed by atoms with van der Waals surface area (Å²) in [6.07, 6.45) is 3.48. The number of carbonyl (C=O) groups is 1. The summed E-state index contributed by atoms with van der Waals surface area (Å²) in [4.78, 5) is 19.5. The minimum Gasteiger partial charge on any atom is -0.378 e. The fraction of sp³-hybridized carbons (Fsp3) is 0.391. The summed E-state index contributed by atoms with van der Waals surface area (Å²) in [5.74, 6) is 0.0573. The number of hydrogen-bond donors (Lipinski definition) is 2. The maximum absolute atomic E-state index is 13.1. The maximum Gasteiger partial charge on any atom is 0.232 e. The Hall–Kier alpha value is -2.86. The third-order valence-electron chi connectivity index (χ3n) is 5.64. The Morgan fingerprint density at radius 1 is 1.10 bits per heavy atom. The van der Waals surface area contributed by atoms with Crippen LogP contribution in [0.3, 0.4) is 0 Å². The topological polar surface area (TPSA) is 80.0 Å². The predicted molar refractivity (Wildman–Crippen MR) is 115 cm³/mol. The Labute approximate surface area is 171 Å². The quantitative estimate of drug-likeness (QED) is 0.605. The van der Waals surface area contributed by atoms with Gasteiger partial charge in [0.25, 0.3) is 0 Å².